The highest BCUT2D eigenvalue weighted by Crippen LogP contribution is 2.44. The monoisotopic (exact) mass is 442 g/mol. The summed E-state index contributed by atoms with van der Waals surface area (Å²) in [5, 5.41) is 5.17. The quantitative estimate of drug-likeness (QED) is 0.239. The van der Waals surface area contributed by atoms with Gasteiger partial charge in [-0.1, -0.05) is 126 Å². The molecule has 34 heavy (non-hydrogen) atoms. The molecular formula is C34H34. The first-order valence-electron chi connectivity index (χ1n) is 12.3. The van der Waals surface area contributed by atoms with Gasteiger partial charge in [-0.2, -0.15) is 0 Å². The Hall–Kier alpha value is -3.38. The Morgan fingerprint density at radius 3 is 1.85 bits per heavy atom. The van der Waals surface area contributed by atoms with Crippen molar-refractivity contribution in [2.24, 2.45) is 0 Å². The molecule has 0 aliphatic heterocycles. The molecule has 0 heteroatoms. The summed E-state index contributed by atoms with van der Waals surface area (Å²) in [5.74, 6) is 0. The molecule has 5 aromatic carbocycles. The van der Waals surface area contributed by atoms with Crippen LogP contribution in [0.2, 0.25) is 0 Å². The molecule has 0 aliphatic carbocycles. The van der Waals surface area contributed by atoms with E-state index in [-0.39, 0.29) is 10.8 Å². The van der Waals surface area contributed by atoms with Gasteiger partial charge < -0.3 is 0 Å². The minimum atomic E-state index is 0.0418. The summed E-state index contributed by atoms with van der Waals surface area (Å²) >= 11 is 0. The van der Waals surface area contributed by atoms with Crippen LogP contribution >= 0.6 is 0 Å². The van der Waals surface area contributed by atoms with Gasteiger partial charge in [0.2, 0.25) is 0 Å². The highest BCUT2D eigenvalue weighted by molar-refractivity contribution is 6.09. The summed E-state index contributed by atoms with van der Waals surface area (Å²) in [6, 6.07) is 36.1. The Balaban J connectivity index is 1.91. The predicted molar refractivity (Wildman–Crippen MR) is 150 cm³/mol. The molecule has 0 saturated heterocycles. The lowest BCUT2D eigenvalue weighted by molar-refractivity contribution is 0.590. The normalized spacial score (nSPS) is 12.4. The van der Waals surface area contributed by atoms with Gasteiger partial charge >= 0.3 is 0 Å². The van der Waals surface area contributed by atoms with E-state index in [1.807, 2.05) is 0 Å². The van der Waals surface area contributed by atoms with E-state index in [2.05, 4.69) is 139 Å². The summed E-state index contributed by atoms with van der Waals surface area (Å²) < 4.78 is 0. The van der Waals surface area contributed by atoms with Crippen molar-refractivity contribution in [2.45, 2.75) is 52.4 Å². The molecule has 0 spiro atoms. The second-order valence-electron chi connectivity index (χ2n) is 11.5. The van der Waals surface area contributed by atoms with Crippen LogP contribution in [0.25, 0.3) is 43.8 Å². The van der Waals surface area contributed by atoms with Crippen molar-refractivity contribution in [3.8, 4) is 22.3 Å². The molecule has 0 aromatic heterocycles. The van der Waals surface area contributed by atoms with Crippen LogP contribution in [-0.2, 0) is 10.8 Å². The maximum absolute atomic E-state index is 2.39. The summed E-state index contributed by atoms with van der Waals surface area (Å²) in [6.45, 7) is 13.8. The summed E-state index contributed by atoms with van der Waals surface area (Å²) in [7, 11) is 0. The molecule has 0 nitrogen and oxygen atoms in total. The number of fused-ring (bicyclic) bond motifs is 2. The summed E-state index contributed by atoms with van der Waals surface area (Å²) in [6.07, 6.45) is 0. The van der Waals surface area contributed by atoms with Crippen molar-refractivity contribution >= 4 is 21.5 Å². The third-order valence-corrected chi connectivity index (χ3v) is 6.93. The molecule has 5 aromatic rings. The van der Waals surface area contributed by atoms with E-state index >= 15 is 0 Å². The van der Waals surface area contributed by atoms with Crippen molar-refractivity contribution in [1.29, 1.82) is 0 Å². The Bertz CT molecular complexity index is 1500. The molecule has 0 fully saturated rings. The van der Waals surface area contributed by atoms with Gasteiger partial charge in [0.25, 0.3) is 0 Å². The van der Waals surface area contributed by atoms with Crippen LogP contribution in [0.3, 0.4) is 0 Å². The highest BCUT2D eigenvalue weighted by atomic mass is 14.3. The third-order valence-electron chi connectivity index (χ3n) is 6.93. The first-order valence-corrected chi connectivity index (χ1v) is 12.3. The van der Waals surface area contributed by atoms with E-state index in [4.69, 9.17) is 0 Å². The fraction of sp³-hybridized carbons (Fsp3) is 0.235. The summed E-state index contributed by atoms with van der Waals surface area (Å²) in [4.78, 5) is 0. The smallest absolute Gasteiger partial charge is 0.00236 e. The number of benzene rings is 5. The Kier molecular flexibility index (Phi) is 5.36. The van der Waals surface area contributed by atoms with Gasteiger partial charge in [0.05, 0.1) is 0 Å². The van der Waals surface area contributed by atoms with Crippen molar-refractivity contribution in [3.63, 3.8) is 0 Å². The highest BCUT2D eigenvalue weighted by Gasteiger charge is 2.22. The molecule has 0 N–H and O–H groups in total. The first-order chi connectivity index (χ1) is 16.1. The Labute approximate surface area is 204 Å². The van der Waals surface area contributed by atoms with E-state index < -0.39 is 0 Å². The van der Waals surface area contributed by atoms with Gasteiger partial charge in [-0.25, -0.2) is 0 Å². The maximum Gasteiger partial charge on any atom is -0.00236 e. The van der Waals surface area contributed by atoms with Crippen LogP contribution in [0, 0.1) is 0 Å². The van der Waals surface area contributed by atoms with Crippen LogP contribution < -0.4 is 0 Å². The van der Waals surface area contributed by atoms with Crippen LogP contribution in [0.1, 0.15) is 52.7 Å². The molecule has 0 atom stereocenters. The molecule has 0 heterocycles. The predicted octanol–water partition coefficient (Wildman–Crippen LogP) is 9.92. The molecular weight excluding hydrogens is 408 g/mol. The lowest BCUT2D eigenvalue weighted by Crippen LogP contribution is -2.13. The van der Waals surface area contributed by atoms with E-state index in [0.717, 1.165) is 0 Å². The van der Waals surface area contributed by atoms with Crippen LogP contribution in [0.15, 0.2) is 97.1 Å². The number of hydrogen-bond donors (Lipinski definition) is 0. The van der Waals surface area contributed by atoms with Gasteiger partial charge in [0.1, 0.15) is 0 Å². The van der Waals surface area contributed by atoms with Gasteiger partial charge in [0, 0.05) is 0 Å². The minimum Gasteiger partial charge on any atom is -0.0619 e. The fourth-order valence-electron chi connectivity index (χ4n) is 5.05. The Morgan fingerprint density at radius 2 is 1.15 bits per heavy atom. The van der Waals surface area contributed by atoms with E-state index in [9.17, 15) is 0 Å². The maximum atomic E-state index is 2.39. The molecule has 0 saturated carbocycles. The van der Waals surface area contributed by atoms with E-state index in [0.29, 0.717) is 0 Å². The van der Waals surface area contributed by atoms with Crippen molar-refractivity contribution in [1.82, 2.24) is 0 Å². The van der Waals surface area contributed by atoms with Crippen LogP contribution in [0.4, 0.5) is 0 Å². The first kappa shape index (κ1) is 22.4. The zero-order valence-electron chi connectivity index (χ0n) is 21.2. The third kappa shape index (κ3) is 4.03. The van der Waals surface area contributed by atoms with Crippen LogP contribution in [0.5, 0.6) is 0 Å². The van der Waals surface area contributed by atoms with Crippen molar-refractivity contribution in [3.05, 3.63) is 108 Å². The van der Waals surface area contributed by atoms with Gasteiger partial charge in [0.15, 0.2) is 0 Å². The van der Waals surface area contributed by atoms with Crippen LogP contribution in [-0.4, -0.2) is 0 Å². The minimum absolute atomic E-state index is 0.0418. The zero-order chi connectivity index (χ0) is 24.1. The number of hydrogen-bond acceptors (Lipinski definition) is 0. The summed E-state index contributed by atoms with van der Waals surface area (Å²) in [5.41, 5.74) is 8.12. The molecule has 0 amide bonds. The zero-order valence-corrected chi connectivity index (χ0v) is 21.2. The number of rotatable bonds is 2. The molecule has 0 radical (unpaired) electrons. The molecule has 0 aliphatic rings. The van der Waals surface area contributed by atoms with Gasteiger partial charge in [-0.3, -0.25) is 0 Å². The standard InChI is InChI=1S/C34H34/c1-33(2,3)27-15-11-14-25(21-27)28-19-18-26-20-23-12-7-8-13-24(23)22-30(26)32(28)29-16-9-10-17-31(29)34(4,5)6/h7-22H,1-6H3. The molecule has 0 bridgehead atoms. The largest absolute Gasteiger partial charge is 0.0619 e. The fourth-order valence-corrected chi connectivity index (χ4v) is 5.05. The lowest BCUT2D eigenvalue weighted by Gasteiger charge is -2.26. The average molecular weight is 443 g/mol. The van der Waals surface area contributed by atoms with Crippen molar-refractivity contribution < 1.29 is 0 Å². The van der Waals surface area contributed by atoms with E-state index in [1.165, 1.54) is 54.9 Å². The van der Waals surface area contributed by atoms with Crippen molar-refractivity contribution in [2.75, 3.05) is 0 Å². The topological polar surface area (TPSA) is 0 Å². The van der Waals surface area contributed by atoms with Gasteiger partial charge in [-0.05, 0) is 77.9 Å². The second kappa shape index (κ2) is 8.13. The van der Waals surface area contributed by atoms with E-state index in [1.54, 1.807) is 0 Å². The molecule has 170 valence electrons. The Morgan fingerprint density at radius 1 is 0.471 bits per heavy atom. The van der Waals surface area contributed by atoms with Gasteiger partial charge in [-0.15, -0.1) is 0 Å². The lowest BCUT2D eigenvalue weighted by atomic mass is 9.78. The average Bonchev–Trinajstić information content (AvgIpc) is 2.81. The molecule has 0 unspecified atom stereocenters. The second-order valence-corrected chi connectivity index (χ2v) is 11.5. The molecule has 5 rings (SSSR count). The SMILES string of the molecule is CC(C)(C)c1cccc(-c2ccc3cc4ccccc4cc3c2-c2ccccc2C(C)(C)C)c1.